The molecule has 2 aliphatic rings. The second-order valence-electron chi connectivity index (χ2n) is 6.21. The third-order valence-corrected chi connectivity index (χ3v) is 4.74. The highest BCUT2D eigenvalue weighted by molar-refractivity contribution is 5.85. The Morgan fingerprint density at radius 2 is 2.14 bits per heavy atom. The first-order chi connectivity index (χ1) is 10.2. The predicted octanol–water partition coefficient (Wildman–Crippen LogP) is 1.80. The molecular formula is C17H24N2O2. The van der Waals surface area contributed by atoms with Gasteiger partial charge in [-0.05, 0) is 67.8 Å². The molecule has 1 aromatic carbocycles. The fraction of sp³-hybridized carbons (Fsp3) is 0.588. The number of nitrogens with two attached hydrogens (primary N) is 1. The van der Waals surface area contributed by atoms with Crippen LogP contribution in [0.1, 0.15) is 37.3 Å². The van der Waals surface area contributed by atoms with E-state index in [-0.39, 0.29) is 5.91 Å². The van der Waals surface area contributed by atoms with E-state index >= 15 is 0 Å². The minimum absolute atomic E-state index is 0.298. The van der Waals surface area contributed by atoms with Gasteiger partial charge >= 0.3 is 0 Å². The average Bonchev–Trinajstić information content (AvgIpc) is 3.21. The lowest BCUT2D eigenvalue weighted by atomic mass is 9.93. The molecule has 1 atom stereocenters. The number of amides is 1. The summed E-state index contributed by atoms with van der Waals surface area (Å²) in [5.41, 5.74) is 7.77. The Balaban J connectivity index is 1.73. The lowest BCUT2D eigenvalue weighted by molar-refractivity contribution is -0.126. The molecule has 0 bridgehead atoms. The van der Waals surface area contributed by atoms with Gasteiger partial charge in [-0.2, -0.15) is 0 Å². The van der Waals surface area contributed by atoms with Crippen LogP contribution in [0.2, 0.25) is 0 Å². The van der Waals surface area contributed by atoms with Crippen molar-refractivity contribution in [1.29, 1.82) is 0 Å². The molecule has 3 N–H and O–H groups in total. The van der Waals surface area contributed by atoms with E-state index in [2.05, 4.69) is 17.4 Å². The molecule has 0 aromatic heterocycles. The number of ether oxygens (including phenoxy) is 1. The number of likely N-dealkylation sites (N-methyl/N-ethyl adjacent to an activating group) is 1. The molecule has 0 saturated heterocycles. The predicted molar refractivity (Wildman–Crippen MR) is 82.3 cm³/mol. The van der Waals surface area contributed by atoms with Crippen LogP contribution in [-0.2, 0) is 17.6 Å². The highest BCUT2D eigenvalue weighted by Crippen LogP contribution is 2.40. The Morgan fingerprint density at radius 3 is 2.81 bits per heavy atom. The van der Waals surface area contributed by atoms with Gasteiger partial charge in [0.2, 0.25) is 5.91 Å². The molecule has 0 spiro atoms. The minimum Gasteiger partial charge on any atom is -0.491 e. The van der Waals surface area contributed by atoms with E-state index in [1.165, 1.54) is 24.0 Å². The molecule has 3 rings (SSSR count). The molecule has 1 amide bonds. The smallest absolute Gasteiger partial charge is 0.241 e. The van der Waals surface area contributed by atoms with Crippen LogP contribution in [0.5, 0.6) is 5.75 Å². The Bertz CT molecular complexity index is 540. The third kappa shape index (κ3) is 2.77. The minimum atomic E-state index is -0.715. The zero-order valence-electron chi connectivity index (χ0n) is 12.7. The van der Waals surface area contributed by atoms with Crippen LogP contribution >= 0.6 is 0 Å². The van der Waals surface area contributed by atoms with Crippen molar-refractivity contribution in [1.82, 2.24) is 5.32 Å². The van der Waals surface area contributed by atoms with Crippen LogP contribution in [-0.4, -0.2) is 24.6 Å². The second-order valence-corrected chi connectivity index (χ2v) is 6.21. The lowest BCUT2D eigenvalue weighted by Crippen LogP contribution is -2.61. The molecule has 0 heterocycles. The van der Waals surface area contributed by atoms with Crippen molar-refractivity contribution in [2.24, 2.45) is 11.7 Å². The van der Waals surface area contributed by atoms with E-state index in [1.807, 2.05) is 13.0 Å². The summed E-state index contributed by atoms with van der Waals surface area (Å²) in [4.78, 5) is 12.0. The number of hydrogen-bond acceptors (Lipinski definition) is 3. The van der Waals surface area contributed by atoms with Gasteiger partial charge in [-0.3, -0.25) is 4.79 Å². The number of carbonyl (C=O) groups is 1. The largest absolute Gasteiger partial charge is 0.491 e. The fourth-order valence-corrected chi connectivity index (χ4v) is 3.40. The van der Waals surface area contributed by atoms with Crippen molar-refractivity contribution in [3.63, 3.8) is 0 Å². The maximum absolute atomic E-state index is 12.0. The van der Waals surface area contributed by atoms with Gasteiger partial charge in [-0.15, -0.1) is 0 Å². The number of benzene rings is 1. The molecule has 2 aliphatic carbocycles. The van der Waals surface area contributed by atoms with E-state index < -0.39 is 5.54 Å². The monoisotopic (exact) mass is 288 g/mol. The maximum Gasteiger partial charge on any atom is 0.241 e. The van der Waals surface area contributed by atoms with Crippen LogP contribution in [0, 0.1) is 5.92 Å². The number of nitrogens with one attached hydrogen (secondary N) is 1. The maximum atomic E-state index is 12.0. The summed E-state index contributed by atoms with van der Waals surface area (Å²) in [7, 11) is 0. The van der Waals surface area contributed by atoms with Gasteiger partial charge in [0, 0.05) is 0 Å². The first-order valence-corrected chi connectivity index (χ1v) is 7.95. The molecular weight excluding hydrogens is 264 g/mol. The Morgan fingerprint density at radius 1 is 1.38 bits per heavy atom. The highest BCUT2D eigenvalue weighted by Gasteiger charge is 2.50. The van der Waals surface area contributed by atoms with Crippen molar-refractivity contribution in [2.45, 2.75) is 44.6 Å². The van der Waals surface area contributed by atoms with Crippen LogP contribution in [0.4, 0.5) is 0 Å². The van der Waals surface area contributed by atoms with Crippen molar-refractivity contribution in [2.75, 3.05) is 13.2 Å². The van der Waals surface area contributed by atoms with Crippen LogP contribution in [0.25, 0.3) is 0 Å². The quantitative estimate of drug-likeness (QED) is 0.804. The average molecular weight is 288 g/mol. The molecule has 0 aliphatic heterocycles. The molecule has 0 radical (unpaired) electrons. The molecule has 114 valence electrons. The van der Waals surface area contributed by atoms with Gasteiger partial charge in [0.1, 0.15) is 17.9 Å². The third-order valence-electron chi connectivity index (χ3n) is 4.74. The topological polar surface area (TPSA) is 64.3 Å². The van der Waals surface area contributed by atoms with Crippen molar-refractivity contribution < 1.29 is 9.53 Å². The van der Waals surface area contributed by atoms with Gasteiger partial charge in [0.05, 0.1) is 0 Å². The van der Waals surface area contributed by atoms with Crippen molar-refractivity contribution in [3.05, 3.63) is 29.3 Å². The molecule has 1 fully saturated rings. The standard InChI is InChI=1S/C17H24N2O2/c1-2-19-17(16(18)20,14-7-8-14)11-21-15-9-6-12-4-3-5-13(12)10-15/h6,9-10,14,19H,2-5,7-8,11H2,1H3,(H2,18,20). The highest BCUT2D eigenvalue weighted by atomic mass is 16.5. The molecule has 1 aromatic rings. The summed E-state index contributed by atoms with van der Waals surface area (Å²) in [6.07, 6.45) is 5.61. The summed E-state index contributed by atoms with van der Waals surface area (Å²) >= 11 is 0. The summed E-state index contributed by atoms with van der Waals surface area (Å²) in [5, 5.41) is 3.28. The number of rotatable bonds is 7. The molecule has 1 unspecified atom stereocenters. The van der Waals surface area contributed by atoms with Crippen LogP contribution in [0.3, 0.4) is 0 Å². The summed E-state index contributed by atoms with van der Waals surface area (Å²) < 4.78 is 5.95. The molecule has 21 heavy (non-hydrogen) atoms. The number of fused-ring (bicyclic) bond motifs is 1. The zero-order valence-corrected chi connectivity index (χ0v) is 12.7. The number of hydrogen-bond donors (Lipinski definition) is 2. The van der Waals surface area contributed by atoms with Crippen LogP contribution < -0.4 is 15.8 Å². The Labute approximate surface area is 126 Å². The zero-order chi connectivity index (χ0) is 14.9. The van der Waals surface area contributed by atoms with Crippen molar-refractivity contribution in [3.8, 4) is 5.75 Å². The van der Waals surface area contributed by atoms with Gasteiger partial charge in [-0.25, -0.2) is 0 Å². The van der Waals surface area contributed by atoms with Gasteiger partial charge in [0.15, 0.2) is 0 Å². The van der Waals surface area contributed by atoms with Gasteiger partial charge in [-0.1, -0.05) is 13.0 Å². The fourth-order valence-electron chi connectivity index (χ4n) is 3.40. The van der Waals surface area contributed by atoms with Crippen LogP contribution in [0.15, 0.2) is 18.2 Å². The van der Waals surface area contributed by atoms with Gasteiger partial charge < -0.3 is 15.8 Å². The normalized spacial score (nSPS) is 19.9. The lowest BCUT2D eigenvalue weighted by Gasteiger charge is -2.31. The molecule has 1 saturated carbocycles. The van der Waals surface area contributed by atoms with E-state index in [4.69, 9.17) is 10.5 Å². The number of carbonyl (C=O) groups excluding carboxylic acids is 1. The van der Waals surface area contributed by atoms with E-state index in [0.29, 0.717) is 19.1 Å². The summed E-state index contributed by atoms with van der Waals surface area (Å²) in [5.74, 6) is 0.859. The SMILES string of the molecule is CCNC(COc1ccc2c(c1)CCC2)(C(N)=O)C1CC1. The second kappa shape index (κ2) is 5.68. The van der Waals surface area contributed by atoms with E-state index in [0.717, 1.165) is 25.0 Å². The first-order valence-electron chi connectivity index (χ1n) is 7.95. The summed E-state index contributed by atoms with van der Waals surface area (Å²) in [6.45, 7) is 3.03. The van der Waals surface area contributed by atoms with Crippen molar-refractivity contribution >= 4 is 5.91 Å². The number of aryl methyl sites for hydroxylation is 2. The summed E-state index contributed by atoms with van der Waals surface area (Å²) in [6, 6.07) is 6.27. The molecule has 4 nitrogen and oxygen atoms in total. The van der Waals surface area contributed by atoms with E-state index in [1.54, 1.807) is 0 Å². The molecule has 4 heteroatoms. The Kier molecular flexibility index (Phi) is 3.89. The first kappa shape index (κ1) is 14.4. The van der Waals surface area contributed by atoms with Gasteiger partial charge in [0.25, 0.3) is 0 Å². The van der Waals surface area contributed by atoms with E-state index in [9.17, 15) is 4.79 Å². The Hall–Kier alpha value is -1.55. The number of primary amides is 1.